The Kier molecular flexibility index (Phi) is 2.87. The number of halogens is 1. The SMILES string of the molecule is O=C1Nc2ccc(-n3ccnc3)cc2Nc2cc(Cl)ccc21. The fourth-order valence-corrected chi connectivity index (χ4v) is 2.64. The van der Waals surface area contributed by atoms with Crippen LogP contribution in [0.3, 0.4) is 0 Å². The lowest BCUT2D eigenvalue weighted by Crippen LogP contribution is -2.10. The summed E-state index contributed by atoms with van der Waals surface area (Å²) in [6, 6.07) is 10.9. The lowest BCUT2D eigenvalue weighted by atomic mass is 10.1. The van der Waals surface area contributed by atoms with Gasteiger partial charge in [-0.1, -0.05) is 11.6 Å². The average molecular weight is 311 g/mol. The van der Waals surface area contributed by atoms with E-state index in [2.05, 4.69) is 15.6 Å². The van der Waals surface area contributed by atoms with Crippen LogP contribution >= 0.6 is 11.6 Å². The molecule has 1 amide bonds. The number of carbonyl (C=O) groups excluding carboxylic acids is 1. The van der Waals surface area contributed by atoms with Crippen LogP contribution in [-0.4, -0.2) is 15.5 Å². The summed E-state index contributed by atoms with van der Waals surface area (Å²) in [5.41, 5.74) is 3.72. The molecule has 1 aliphatic rings. The van der Waals surface area contributed by atoms with E-state index in [1.807, 2.05) is 29.0 Å². The van der Waals surface area contributed by atoms with Crippen molar-refractivity contribution >= 4 is 34.6 Å². The molecule has 0 atom stereocenters. The van der Waals surface area contributed by atoms with Gasteiger partial charge in [0.05, 0.1) is 29.0 Å². The Morgan fingerprint density at radius 3 is 2.73 bits per heavy atom. The molecule has 0 unspecified atom stereocenters. The third kappa shape index (κ3) is 2.12. The normalized spacial score (nSPS) is 12.7. The van der Waals surface area contributed by atoms with Crippen molar-refractivity contribution in [3.05, 3.63) is 65.7 Å². The van der Waals surface area contributed by atoms with Crippen molar-refractivity contribution in [2.75, 3.05) is 10.6 Å². The van der Waals surface area contributed by atoms with Crippen LogP contribution in [0.4, 0.5) is 17.1 Å². The highest BCUT2D eigenvalue weighted by Gasteiger charge is 2.19. The molecule has 4 rings (SSSR count). The molecule has 0 radical (unpaired) electrons. The van der Waals surface area contributed by atoms with Gasteiger partial charge in [-0.15, -0.1) is 0 Å². The van der Waals surface area contributed by atoms with Crippen LogP contribution in [0.15, 0.2) is 55.1 Å². The quantitative estimate of drug-likeness (QED) is 0.718. The molecule has 2 aromatic carbocycles. The first-order chi connectivity index (χ1) is 10.7. The second-order valence-corrected chi connectivity index (χ2v) is 5.41. The van der Waals surface area contributed by atoms with E-state index >= 15 is 0 Å². The van der Waals surface area contributed by atoms with Crippen LogP contribution in [0.25, 0.3) is 5.69 Å². The summed E-state index contributed by atoms with van der Waals surface area (Å²) in [7, 11) is 0. The van der Waals surface area contributed by atoms with E-state index in [-0.39, 0.29) is 5.91 Å². The smallest absolute Gasteiger partial charge is 0.257 e. The number of hydrogen-bond acceptors (Lipinski definition) is 3. The van der Waals surface area contributed by atoms with E-state index in [9.17, 15) is 4.79 Å². The van der Waals surface area contributed by atoms with Gasteiger partial charge in [-0.2, -0.15) is 0 Å². The zero-order valence-electron chi connectivity index (χ0n) is 11.4. The Morgan fingerprint density at radius 1 is 1.00 bits per heavy atom. The van der Waals surface area contributed by atoms with Crippen molar-refractivity contribution in [3.63, 3.8) is 0 Å². The van der Waals surface area contributed by atoms with Gasteiger partial charge >= 0.3 is 0 Å². The van der Waals surface area contributed by atoms with Gasteiger partial charge in [0, 0.05) is 23.1 Å². The molecule has 2 N–H and O–H groups in total. The topological polar surface area (TPSA) is 59.0 Å². The maximum absolute atomic E-state index is 12.3. The number of amides is 1. The van der Waals surface area contributed by atoms with Gasteiger partial charge in [0.15, 0.2) is 0 Å². The average Bonchev–Trinajstić information content (AvgIpc) is 2.99. The summed E-state index contributed by atoms with van der Waals surface area (Å²) < 4.78 is 1.90. The van der Waals surface area contributed by atoms with E-state index in [0.717, 1.165) is 17.1 Å². The first kappa shape index (κ1) is 12.9. The highest BCUT2D eigenvalue weighted by Crippen LogP contribution is 2.34. The third-order valence-electron chi connectivity index (χ3n) is 3.55. The molecule has 0 fully saturated rings. The molecule has 0 saturated carbocycles. The van der Waals surface area contributed by atoms with Gasteiger partial charge in [-0.3, -0.25) is 4.79 Å². The summed E-state index contributed by atoms with van der Waals surface area (Å²) in [5.74, 6) is -0.159. The molecule has 1 aromatic heterocycles. The second kappa shape index (κ2) is 4.89. The molecule has 6 heteroatoms. The van der Waals surface area contributed by atoms with E-state index in [1.165, 1.54) is 0 Å². The number of benzene rings is 2. The minimum Gasteiger partial charge on any atom is -0.353 e. The van der Waals surface area contributed by atoms with Crippen molar-refractivity contribution in [2.24, 2.45) is 0 Å². The molecule has 0 bridgehead atoms. The van der Waals surface area contributed by atoms with Crippen molar-refractivity contribution < 1.29 is 4.79 Å². The molecule has 108 valence electrons. The Bertz CT molecular complexity index is 874. The van der Waals surface area contributed by atoms with E-state index in [4.69, 9.17) is 11.6 Å². The highest BCUT2D eigenvalue weighted by molar-refractivity contribution is 6.31. The minimum atomic E-state index is -0.159. The zero-order chi connectivity index (χ0) is 15.1. The fraction of sp³-hybridized carbons (Fsp3) is 0. The van der Waals surface area contributed by atoms with Crippen LogP contribution in [0, 0.1) is 0 Å². The Hall–Kier alpha value is -2.79. The molecule has 3 aromatic rings. The van der Waals surface area contributed by atoms with Gasteiger partial charge in [0.2, 0.25) is 0 Å². The summed E-state index contributed by atoms with van der Waals surface area (Å²) in [4.78, 5) is 16.3. The van der Waals surface area contributed by atoms with Gasteiger partial charge in [0.25, 0.3) is 5.91 Å². The Morgan fingerprint density at radius 2 is 1.91 bits per heavy atom. The van der Waals surface area contributed by atoms with Crippen LogP contribution in [-0.2, 0) is 0 Å². The van der Waals surface area contributed by atoms with Crippen LogP contribution in [0.1, 0.15) is 10.4 Å². The van der Waals surface area contributed by atoms with Gasteiger partial charge < -0.3 is 15.2 Å². The number of nitrogens with one attached hydrogen (secondary N) is 2. The van der Waals surface area contributed by atoms with Crippen molar-refractivity contribution in [2.45, 2.75) is 0 Å². The summed E-state index contributed by atoms with van der Waals surface area (Å²) in [5, 5.41) is 6.75. The minimum absolute atomic E-state index is 0.159. The predicted octanol–water partition coefficient (Wildman–Crippen LogP) is 3.84. The summed E-state index contributed by atoms with van der Waals surface area (Å²) in [6.45, 7) is 0. The molecule has 0 saturated heterocycles. The van der Waals surface area contributed by atoms with E-state index < -0.39 is 0 Å². The Labute approximate surface area is 131 Å². The molecule has 1 aliphatic heterocycles. The zero-order valence-corrected chi connectivity index (χ0v) is 12.1. The molecule has 2 heterocycles. The standard InChI is InChI=1S/C16H11ClN4O/c17-10-1-3-12-14(7-10)19-15-8-11(21-6-5-18-9-21)2-4-13(15)20-16(12)22/h1-9,19H,(H,20,22). The molecular formula is C16H11ClN4O. The maximum Gasteiger partial charge on any atom is 0.257 e. The van der Waals surface area contributed by atoms with Crippen LogP contribution in [0.5, 0.6) is 0 Å². The number of anilines is 3. The van der Waals surface area contributed by atoms with E-state index in [0.29, 0.717) is 16.3 Å². The number of carbonyl (C=O) groups is 1. The lowest BCUT2D eigenvalue weighted by Gasteiger charge is -2.11. The monoisotopic (exact) mass is 310 g/mol. The third-order valence-corrected chi connectivity index (χ3v) is 3.78. The van der Waals surface area contributed by atoms with Gasteiger partial charge in [0.1, 0.15) is 0 Å². The molecule has 0 spiro atoms. The maximum atomic E-state index is 12.3. The van der Waals surface area contributed by atoms with Crippen molar-refractivity contribution in [1.29, 1.82) is 0 Å². The van der Waals surface area contributed by atoms with E-state index in [1.54, 1.807) is 30.7 Å². The molecule has 5 nitrogen and oxygen atoms in total. The highest BCUT2D eigenvalue weighted by atomic mass is 35.5. The molecule has 22 heavy (non-hydrogen) atoms. The predicted molar refractivity (Wildman–Crippen MR) is 86.3 cm³/mol. The summed E-state index contributed by atoms with van der Waals surface area (Å²) >= 11 is 6.03. The number of hydrogen-bond donors (Lipinski definition) is 2. The van der Waals surface area contributed by atoms with Crippen LogP contribution < -0.4 is 10.6 Å². The molecular weight excluding hydrogens is 300 g/mol. The summed E-state index contributed by atoms with van der Waals surface area (Å²) in [6.07, 6.45) is 5.31. The number of fused-ring (bicyclic) bond motifs is 2. The van der Waals surface area contributed by atoms with Gasteiger partial charge in [-0.05, 0) is 36.4 Å². The first-order valence-corrected chi connectivity index (χ1v) is 7.09. The molecule has 0 aliphatic carbocycles. The van der Waals surface area contributed by atoms with Gasteiger partial charge in [-0.25, -0.2) is 4.98 Å². The number of imidazole rings is 1. The number of aromatic nitrogens is 2. The van der Waals surface area contributed by atoms with Crippen molar-refractivity contribution in [3.8, 4) is 5.69 Å². The van der Waals surface area contributed by atoms with Crippen molar-refractivity contribution in [1.82, 2.24) is 9.55 Å². The number of rotatable bonds is 1. The fourth-order valence-electron chi connectivity index (χ4n) is 2.47. The Balaban J connectivity index is 1.84. The number of nitrogens with zero attached hydrogens (tertiary/aromatic N) is 2. The lowest BCUT2D eigenvalue weighted by molar-refractivity contribution is 0.102. The largest absolute Gasteiger partial charge is 0.353 e. The second-order valence-electron chi connectivity index (χ2n) is 4.97. The van der Waals surface area contributed by atoms with Crippen LogP contribution in [0.2, 0.25) is 5.02 Å². The first-order valence-electron chi connectivity index (χ1n) is 6.71.